The Morgan fingerprint density at radius 2 is 2.50 bits per heavy atom. The molecular weight excluding hydrogens is 200 g/mol. The van der Waals surface area contributed by atoms with Crippen LogP contribution < -0.4 is 5.73 Å². The van der Waals surface area contributed by atoms with E-state index in [1.54, 1.807) is 6.20 Å². The molecule has 1 heterocycles. The predicted molar refractivity (Wildman–Crippen MR) is 63.1 cm³/mol. The van der Waals surface area contributed by atoms with E-state index in [2.05, 4.69) is 11.1 Å². The Balaban J connectivity index is 2.22. The van der Waals surface area contributed by atoms with Crippen molar-refractivity contribution >= 4 is 5.78 Å². The zero-order valence-electron chi connectivity index (χ0n) is 9.65. The molecule has 1 aliphatic carbocycles. The maximum absolute atomic E-state index is 12.3. The standard InChI is InChI=1S/C13H18N2O/c1-2-9(8-14)13(16)11-6-5-10-4-3-7-15-12(10)11/h3-4,7,9,11H,2,5-6,8,14H2,1H3. The Morgan fingerprint density at radius 1 is 1.69 bits per heavy atom. The second kappa shape index (κ2) is 4.74. The molecule has 1 aliphatic rings. The average molecular weight is 218 g/mol. The van der Waals surface area contributed by atoms with Crippen molar-refractivity contribution in [3.8, 4) is 0 Å². The summed E-state index contributed by atoms with van der Waals surface area (Å²) in [4.78, 5) is 16.6. The van der Waals surface area contributed by atoms with Crippen LogP contribution in [-0.4, -0.2) is 17.3 Å². The van der Waals surface area contributed by atoms with Gasteiger partial charge in [0.15, 0.2) is 0 Å². The SMILES string of the molecule is CCC(CN)C(=O)C1CCc2cccnc21. The molecule has 3 nitrogen and oxygen atoms in total. The van der Waals surface area contributed by atoms with Gasteiger partial charge in [0.1, 0.15) is 5.78 Å². The number of carbonyl (C=O) groups excluding carboxylic acids is 1. The number of ketones is 1. The minimum Gasteiger partial charge on any atom is -0.330 e. The second-order valence-corrected chi connectivity index (χ2v) is 4.38. The molecule has 0 amide bonds. The molecule has 2 N–H and O–H groups in total. The minimum absolute atomic E-state index is 0.00189. The van der Waals surface area contributed by atoms with Crippen molar-refractivity contribution in [3.63, 3.8) is 0 Å². The van der Waals surface area contributed by atoms with E-state index in [1.807, 2.05) is 13.0 Å². The van der Waals surface area contributed by atoms with Crippen molar-refractivity contribution in [2.75, 3.05) is 6.54 Å². The van der Waals surface area contributed by atoms with Crippen LogP contribution in [0.3, 0.4) is 0 Å². The maximum Gasteiger partial charge on any atom is 0.146 e. The summed E-state index contributed by atoms with van der Waals surface area (Å²) in [5.74, 6) is 0.269. The average Bonchev–Trinajstić information content (AvgIpc) is 2.74. The Hall–Kier alpha value is -1.22. The summed E-state index contributed by atoms with van der Waals surface area (Å²) in [6.07, 6.45) is 4.48. The third kappa shape index (κ3) is 1.87. The zero-order valence-corrected chi connectivity index (χ0v) is 9.65. The number of fused-ring (bicyclic) bond motifs is 1. The Kier molecular flexibility index (Phi) is 3.34. The molecule has 0 saturated carbocycles. The predicted octanol–water partition coefficient (Wildman–Crippen LogP) is 1.67. The lowest BCUT2D eigenvalue weighted by atomic mass is 9.89. The molecule has 0 radical (unpaired) electrons. The molecule has 2 unspecified atom stereocenters. The fraction of sp³-hybridized carbons (Fsp3) is 0.538. The lowest BCUT2D eigenvalue weighted by molar-refractivity contribution is -0.124. The quantitative estimate of drug-likeness (QED) is 0.836. The van der Waals surface area contributed by atoms with E-state index in [9.17, 15) is 4.79 Å². The minimum atomic E-state index is -0.00954. The van der Waals surface area contributed by atoms with Gasteiger partial charge in [-0.15, -0.1) is 0 Å². The molecule has 2 atom stereocenters. The van der Waals surface area contributed by atoms with E-state index >= 15 is 0 Å². The van der Waals surface area contributed by atoms with Gasteiger partial charge in [-0.05, 0) is 30.9 Å². The van der Waals surface area contributed by atoms with Crippen molar-refractivity contribution in [2.24, 2.45) is 11.7 Å². The highest BCUT2D eigenvalue weighted by Crippen LogP contribution is 2.33. The Labute approximate surface area is 96.1 Å². The van der Waals surface area contributed by atoms with Crippen molar-refractivity contribution < 1.29 is 4.79 Å². The number of nitrogens with zero attached hydrogens (tertiary/aromatic N) is 1. The molecule has 16 heavy (non-hydrogen) atoms. The van der Waals surface area contributed by atoms with Gasteiger partial charge in [0.25, 0.3) is 0 Å². The monoisotopic (exact) mass is 218 g/mol. The van der Waals surface area contributed by atoms with Crippen LogP contribution in [0, 0.1) is 5.92 Å². The fourth-order valence-electron chi connectivity index (χ4n) is 2.46. The van der Waals surface area contributed by atoms with Gasteiger partial charge in [0.05, 0.1) is 11.6 Å². The molecular formula is C13H18N2O. The number of aromatic nitrogens is 1. The maximum atomic E-state index is 12.3. The summed E-state index contributed by atoms with van der Waals surface area (Å²) < 4.78 is 0. The molecule has 0 bridgehead atoms. The lowest BCUT2D eigenvalue weighted by Gasteiger charge is -2.16. The number of pyridine rings is 1. The first-order valence-corrected chi connectivity index (χ1v) is 5.95. The van der Waals surface area contributed by atoms with Crippen molar-refractivity contribution in [2.45, 2.75) is 32.1 Å². The number of aryl methyl sites for hydroxylation is 1. The Bertz CT molecular complexity index is 385. The summed E-state index contributed by atoms with van der Waals surface area (Å²) >= 11 is 0. The fourth-order valence-corrected chi connectivity index (χ4v) is 2.46. The van der Waals surface area contributed by atoms with Crippen LogP contribution in [0.2, 0.25) is 0 Å². The zero-order chi connectivity index (χ0) is 11.5. The third-order valence-corrected chi connectivity index (χ3v) is 3.48. The molecule has 0 fully saturated rings. The number of hydrogen-bond donors (Lipinski definition) is 1. The second-order valence-electron chi connectivity index (χ2n) is 4.38. The molecule has 1 aromatic heterocycles. The number of Topliss-reactive ketones (excluding diaryl/α,β-unsaturated/α-hetero) is 1. The molecule has 1 aromatic rings. The summed E-state index contributed by atoms with van der Waals surface area (Å²) in [7, 11) is 0. The van der Waals surface area contributed by atoms with Gasteiger partial charge in [0, 0.05) is 18.7 Å². The van der Waals surface area contributed by atoms with E-state index < -0.39 is 0 Å². The van der Waals surface area contributed by atoms with E-state index in [0.717, 1.165) is 25.0 Å². The highest BCUT2D eigenvalue weighted by molar-refractivity contribution is 5.88. The summed E-state index contributed by atoms with van der Waals surface area (Å²) in [6, 6.07) is 4.00. The molecule has 0 aromatic carbocycles. The van der Waals surface area contributed by atoms with Crippen molar-refractivity contribution in [1.29, 1.82) is 0 Å². The first-order chi connectivity index (χ1) is 7.77. The van der Waals surface area contributed by atoms with E-state index in [0.29, 0.717) is 6.54 Å². The smallest absolute Gasteiger partial charge is 0.146 e. The lowest BCUT2D eigenvalue weighted by Crippen LogP contribution is -2.27. The normalized spacial score (nSPS) is 20.5. The van der Waals surface area contributed by atoms with Crippen LogP contribution >= 0.6 is 0 Å². The summed E-state index contributed by atoms with van der Waals surface area (Å²) in [6.45, 7) is 2.47. The largest absolute Gasteiger partial charge is 0.330 e. The highest BCUT2D eigenvalue weighted by Gasteiger charge is 2.32. The summed E-state index contributed by atoms with van der Waals surface area (Å²) in [5, 5.41) is 0. The third-order valence-electron chi connectivity index (χ3n) is 3.48. The number of hydrogen-bond acceptors (Lipinski definition) is 3. The van der Waals surface area contributed by atoms with Crippen LogP contribution in [0.15, 0.2) is 18.3 Å². The molecule has 0 spiro atoms. The van der Waals surface area contributed by atoms with Gasteiger partial charge in [-0.25, -0.2) is 0 Å². The molecule has 0 saturated heterocycles. The number of nitrogens with two attached hydrogens (primary N) is 1. The Morgan fingerprint density at radius 3 is 3.19 bits per heavy atom. The van der Waals surface area contributed by atoms with Gasteiger partial charge in [-0.1, -0.05) is 13.0 Å². The van der Waals surface area contributed by atoms with Crippen LogP contribution in [0.25, 0.3) is 0 Å². The molecule has 3 heteroatoms. The van der Waals surface area contributed by atoms with Gasteiger partial charge in [0.2, 0.25) is 0 Å². The topological polar surface area (TPSA) is 56.0 Å². The van der Waals surface area contributed by atoms with Crippen LogP contribution in [0.4, 0.5) is 0 Å². The van der Waals surface area contributed by atoms with E-state index in [-0.39, 0.29) is 17.6 Å². The van der Waals surface area contributed by atoms with Crippen molar-refractivity contribution in [3.05, 3.63) is 29.6 Å². The first-order valence-electron chi connectivity index (χ1n) is 5.95. The van der Waals surface area contributed by atoms with Crippen molar-refractivity contribution in [1.82, 2.24) is 4.98 Å². The van der Waals surface area contributed by atoms with Gasteiger partial charge in [-0.2, -0.15) is 0 Å². The van der Waals surface area contributed by atoms with Crippen LogP contribution in [0.5, 0.6) is 0 Å². The van der Waals surface area contributed by atoms with Gasteiger partial charge in [-0.3, -0.25) is 9.78 Å². The number of carbonyl (C=O) groups is 1. The number of rotatable bonds is 4. The molecule has 0 aliphatic heterocycles. The highest BCUT2D eigenvalue weighted by atomic mass is 16.1. The van der Waals surface area contributed by atoms with Gasteiger partial charge >= 0.3 is 0 Å². The first kappa shape index (κ1) is 11.3. The molecule has 2 rings (SSSR count). The summed E-state index contributed by atoms with van der Waals surface area (Å²) in [5.41, 5.74) is 7.85. The van der Waals surface area contributed by atoms with E-state index in [1.165, 1.54) is 5.56 Å². The van der Waals surface area contributed by atoms with Crippen LogP contribution in [-0.2, 0) is 11.2 Å². The molecule has 86 valence electrons. The van der Waals surface area contributed by atoms with E-state index in [4.69, 9.17) is 5.73 Å². The van der Waals surface area contributed by atoms with Gasteiger partial charge < -0.3 is 5.73 Å². The van der Waals surface area contributed by atoms with Crippen LogP contribution in [0.1, 0.15) is 36.9 Å².